The Morgan fingerprint density at radius 3 is 1.00 bits per heavy atom. The summed E-state index contributed by atoms with van der Waals surface area (Å²) in [4.78, 5) is 41.6. The number of carbonyl (C=O) groups excluding carboxylic acids is 4. The second-order valence-corrected chi connectivity index (χ2v) is 7.65. The van der Waals surface area contributed by atoms with E-state index in [-0.39, 0.29) is 44.1 Å². The van der Waals surface area contributed by atoms with Crippen molar-refractivity contribution in [3.63, 3.8) is 0 Å². The Morgan fingerprint density at radius 2 is 0.870 bits per heavy atom. The Bertz CT molecular complexity index is 375. The van der Waals surface area contributed by atoms with Crippen LogP contribution in [0.4, 0.5) is 0 Å². The van der Waals surface area contributed by atoms with Gasteiger partial charge in [0, 0.05) is 37.6 Å². The van der Waals surface area contributed by atoms with Crippen LogP contribution in [-0.2, 0) is 40.9 Å². The first-order valence-corrected chi connectivity index (χ1v) is 7.05. The van der Waals surface area contributed by atoms with Gasteiger partial charge < -0.3 is 19.8 Å². The molecule has 0 aliphatic carbocycles. The van der Waals surface area contributed by atoms with E-state index < -0.39 is 24.8 Å². The van der Waals surface area contributed by atoms with E-state index in [0.717, 1.165) is 0 Å². The van der Waals surface area contributed by atoms with Crippen LogP contribution < -0.4 is 10.2 Å². The predicted molar refractivity (Wildman–Crippen MR) is 77.4 cm³/mol. The molecule has 0 aliphatic heterocycles. The van der Waals surface area contributed by atoms with Gasteiger partial charge in [0.25, 0.3) is 0 Å². The minimum Gasteiger partial charge on any atom is -0.550 e. The van der Waals surface area contributed by atoms with Gasteiger partial charge in [-0.25, -0.2) is 0 Å². The maximum absolute atomic E-state index is 10.8. The zero-order chi connectivity index (χ0) is 18.1. The molecule has 6 nitrogen and oxygen atoms in total. The third-order valence-electron chi connectivity index (χ3n) is 2.14. The standard InChI is InChI=1S/2C8H14O3.Ti/c2*1-8(2,3)5-6(9)4-7(10)11;/h2*4-5H2,1-3H3,(H,10,11);/q;;+2/p-2. The molecule has 0 bridgehead atoms. The molecule has 0 amide bonds. The van der Waals surface area contributed by atoms with Crippen molar-refractivity contribution < 1.29 is 51.1 Å². The summed E-state index contributed by atoms with van der Waals surface area (Å²) in [6, 6.07) is 0. The quantitative estimate of drug-likeness (QED) is 0.495. The number of ketones is 2. The van der Waals surface area contributed by atoms with Gasteiger partial charge in [0.05, 0.1) is 0 Å². The molecule has 0 rings (SSSR count). The molecular formula is C16H26O6Ti. The number of carboxylic acids is 2. The average molecular weight is 362 g/mol. The normalized spacial score (nSPS) is 10.7. The number of Topliss-reactive ketones (excluding diaryl/α,β-unsaturated/α-hetero) is 2. The monoisotopic (exact) mass is 362 g/mol. The van der Waals surface area contributed by atoms with E-state index in [1.54, 1.807) is 0 Å². The third-order valence-corrected chi connectivity index (χ3v) is 2.14. The molecule has 0 aliphatic rings. The van der Waals surface area contributed by atoms with Gasteiger partial charge in [-0.1, -0.05) is 41.5 Å². The van der Waals surface area contributed by atoms with Crippen LogP contribution in [0.15, 0.2) is 0 Å². The Morgan fingerprint density at radius 1 is 0.652 bits per heavy atom. The summed E-state index contributed by atoms with van der Waals surface area (Å²) in [5.74, 6) is -3.12. The van der Waals surface area contributed by atoms with E-state index in [0.29, 0.717) is 12.8 Å². The average Bonchev–Trinajstić information content (AvgIpc) is 2.07. The van der Waals surface area contributed by atoms with Crippen molar-refractivity contribution in [2.45, 2.75) is 67.2 Å². The summed E-state index contributed by atoms with van der Waals surface area (Å²) < 4.78 is 0. The van der Waals surface area contributed by atoms with Crippen molar-refractivity contribution >= 4 is 23.5 Å². The molecular weight excluding hydrogens is 336 g/mol. The smallest absolute Gasteiger partial charge is 0.550 e. The fraction of sp³-hybridized carbons (Fsp3) is 0.750. The van der Waals surface area contributed by atoms with Crippen molar-refractivity contribution in [3.05, 3.63) is 0 Å². The zero-order valence-electron chi connectivity index (χ0n) is 14.8. The van der Waals surface area contributed by atoms with Gasteiger partial charge in [0.15, 0.2) is 0 Å². The minimum absolute atomic E-state index is 0. The molecule has 0 aromatic carbocycles. The van der Waals surface area contributed by atoms with E-state index in [1.165, 1.54) is 0 Å². The summed E-state index contributed by atoms with van der Waals surface area (Å²) in [6.45, 7) is 11.3. The molecule has 0 spiro atoms. The zero-order valence-corrected chi connectivity index (χ0v) is 16.3. The molecule has 0 fully saturated rings. The molecule has 0 saturated heterocycles. The van der Waals surface area contributed by atoms with E-state index in [2.05, 4.69) is 0 Å². The predicted octanol–water partition coefficient (Wildman–Crippen LogP) is 0.261. The van der Waals surface area contributed by atoms with Gasteiger partial charge in [-0.05, 0) is 10.8 Å². The number of hydrogen-bond donors (Lipinski definition) is 0. The van der Waals surface area contributed by atoms with Crippen LogP contribution in [0.25, 0.3) is 0 Å². The first-order valence-electron chi connectivity index (χ1n) is 7.05. The Kier molecular flexibility index (Phi) is 13.5. The maximum Gasteiger partial charge on any atom is 2.00 e. The summed E-state index contributed by atoms with van der Waals surface area (Å²) in [6.07, 6.45) is -0.337. The molecule has 0 heterocycles. The van der Waals surface area contributed by atoms with Crippen LogP contribution in [0, 0.1) is 10.8 Å². The van der Waals surface area contributed by atoms with Gasteiger partial charge in [0.1, 0.15) is 11.6 Å². The summed E-state index contributed by atoms with van der Waals surface area (Å²) >= 11 is 0. The minimum atomic E-state index is -1.29. The summed E-state index contributed by atoms with van der Waals surface area (Å²) in [5.41, 5.74) is -0.265. The number of carboxylic acid groups (broad SMARTS) is 2. The molecule has 23 heavy (non-hydrogen) atoms. The van der Waals surface area contributed by atoms with Crippen molar-refractivity contribution in [2.24, 2.45) is 10.8 Å². The fourth-order valence-corrected chi connectivity index (χ4v) is 1.63. The van der Waals surface area contributed by atoms with Crippen LogP contribution in [-0.4, -0.2) is 23.5 Å². The molecule has 0 unspecified atom stereocenters. The van der Waals surface area contributed by atoms with E-state index in [4.69, 9.17) is 0 Å². The summed E-state index contributed by atoms with van der Waals surface area (Å²) in [5, 5.41) is 19.9. The number of carbonyl (C=O) groups is 4. The Balaban J connectivity index is -0.000000333. The van der Waals surface area contributed by atoms with Gasteiger partial charge in [-0.2, -0.15) is 0 Å². The van der Waals surface area contributed by atoms with Gasteiger partial charge >= 0.3 is 21.7 Å². The van der Waals surface area contributed by atoms with Crippen LogP contribution in [0.3, 0.4) is 0 Å². The first kappa shape index (κ1) is 26.9. The van der Waals surface area contributed by atoms with Gasteiger partial charge in [-0.15, -0.1) is 0 Å². The van der Waals surface area contributed by atoms with Crippen molar-refractivity contribution in [1.82, 2.24) is 0 Å². The SMILES string of the molecule is CC(C)(C)CC(=O)CC(=O)[O-].CC(C)(C)CC(=O)CC(=O)[O-].[Ti+2]. The molecule has 7 heteroatoms. The van der Waals surface area contributed by atoms with Crippen molar-refractivity contribution in [2.75, 3.05) is 0 Å². The fourth-order valence-electron chi connectivity index (χ4n) is 1.63. The largest absolute Gasteiger partial charge is 2.00 e. The molecule has 0 N–H and O–H groups in total. The molecule has 0 saturated carbocycles. The van der Waals surface area contributed by atoms with Crippen LogP contribution in [0.5, 0.6) is 0 Å². The third kappa shape index (κ3) is 26.2. The Labute approximate surface area is 152 Å². The van der Waals surface area contributed by atoms with Crippen LogP contribution in [0.1, 0.15) is 67.2 Å². The number of aliphatic carboxylic acids is 2. The van der Waals surface area contributed by atoms with Crippen LogP contribution >= 0.6 is 0 Å². The molecule has 0 radical (unpaired) electrons. The molecule has 0 aromatic heterocycles. The topological polar surface area (TPSA) is 114 Å². The molecule has 0 atom stereocenters. The van der Waals surface area contributed by atoms with Crippen molar-refractivity contribution in [3.8, 4) is 0 Å². The molecule has 130 valence electrons. The van der Waals surface area contributed by atoms with E-state index in [1.807, 2.05) is 41.5 Å². The summed E-state index contributed by atoms with van der Waals surface area (Å²) in [7, 11) is 0. The second kappa shape index (κ2) is 11.5. The second-order valence-electron chi connectivity index (χ2n) is 7.65. The van der Waals surface area contributed by atoms with Gasteiger partial charge in [0.2, 0.25) is 0 Å². The van der Waals surface area contributed by atoms with Gasteiger partial charge in [-0.3, -0.25) is 9.59 Å². The maximum atomic E-state index is 10.8. The number of rotatable bonds is 6. The molecule has 0 aromatic rings. The van der Waals surface area contributed by atoms with Crippen LogP contribution in [0.2, 0.25) is 0 Å². The van der Waals surface area contributed by atoms with E-state index in [9.17, 15) is 29.4 Å². The van der Waals surface area contributed by atoms with E-state index >= 15 is 0 Å². The number of hydrogen-bond acceptors (Lipinski definition) is 6. The first-order chi connectivity index (χ1) is 9.62. The Hall–Kier alpha value is -1.01. The van der Waals surface area contributed by atoms with Crippen molar-refractivity contribution in [1.29, 1.82) is 0 Å².